The molecule has 10 heteroatoms. The number of carbonyl (C=O) groups excluding carboxylic acids is 3. The maximum Gasteiger partial charge on any atom is 0.262 e. The lowest BCUT2D eigenvalue weighted by atomic mass is 10.1. The van der Waals surface area contributed by atoms with Crippen LogP contribution < -0.4 is 10.2 Å². The van der Waals surface area contributed by atoms with Crippen LogP contribution in [0.4, 0.5) is 11.4 Å². The van der Waals surface area contributed by atoms with Gasteiger partial charge in [-0.05, 0) is 55.3 Å². The summed E-state index contributed by atoms with van der Waals surface area (Å²) < 4.78 is 0. The fourth-order valence-electron chi connectivity index (χ4n) is 4.65. The van der Waals surface area contributed by atoms with Gasteiger partial charge in [0.05, 0.1) is 0 Å². The van der Waals surface area contributed by atoms with Crippen molar-refractivity contribution in [1.29, 1.82) is 0 Å². The number of hydrogen-bond donors (Lipinski definition) is 1. The van der Waals surface area contributed by atoms with Gasteiger partial charge in [0.1, 0.15) is 5.25 Å². The van der Waals surface area contributed by atoms with Crippen LogP contribution in [-0.2, 0) is 9.59 Å². The van der Waals surface area contributed by atoms with Crippen molar-refractivity contribution in [3.8, 4) is 0 Å². The minimum atomic E-state index is -0.480. The molecule has 0 aromatic heterocycles. The van der Waals surface area contributed by atoms with Gasteiger partial charge in [-0.3, -0.25) is 14.4 Å². The van der Waals surface area contributed by atoms with Gasteiger partial charge >= 0.3 is 0 Å². The minimum absolute atomic E-state index is 0.0295. The van der Waals surface area contributed by atoms with E-state index < -0.39 is 5.25 Å². The fraction of sp³-hybridized carbons (Fsp3) is 0.385. The summed E-state index contributed by atoms with van der Waals surface area (Å²) in [6.45, 7) is 4.56. The molecule has 3 aliphatic heterocycles. The Morgan fingerprint density at radius 2 is 1.69 bits per heavy atom. The lowest BCUT2D eigenvalue weighted by molar-refractivity contribution is -0.121. The van der Waals surface area contributed by atoms with Crippen LogP contribution in [0.1, 0.15) is 29.6 Å². The third kappa shape index (κ3) is 5.68. The number of nitrogens with one attached hydrogen (secondary N) is 1. The van der Waals surface area contributed by atoms with Crippen molar-refractivity contribution >= 4 is 57.6 Å². The predicted molar refractivity (Wildman–Crippen MR) is 144 cm³/mol. The predicted octanol–water partition coefficient (Wildman–Crippen LogP) is 3.72. The molecule has 2 fully saturated rings. The highest BCUT2D eigenvalue weighted by Crippen LogP contribution is 2.29. The third-order valence-corrected chi connectivity index (χ3v) is 8.08. The molecule has 0 unspecified atom stereocenters. The molecule has 1 atom stereocenters. The Balaban J connectivity index is 1.10. The Hall–Kier alpha value is -3.04. The SMILES string of the molecule is O=C(C[C@H]1SC(N2CCCC2)=NC1=O)Nc1ccc(C(=O)N2CCN(c3cccc(Cl)c3)CC2)cc1. The van der Waals surface area contributed by atoms with Crippen LogP contribution in [0.3, 0.4) is 0 Å². The number of nitrogens with zero attached hydrogens (tertiary/aromatic N) is 4. The van der Waals surface area contributed by atoms with E-state index >= 15 is 0 Å². The summed E-state index contributed by atoms with van der Waals surface area (Å²) in [5, 5.41) is 3.80. The van der Waals surface area contributed by atoms with Crippen molar-refractivity contribution in [2.45, 2.75) is 24.5 Å². The van der Waals surface area contributed by atoms with E-state index in [2.05, 4.69) is 20.1 Å². The molecule has 3 amide bonds. The molecule has 8 nitrogen and oxygen atoms in total. The van der Waals surface area contributed by atoms with Crippen LogP contribution in [0.25, 0.3) is 0 Å². The summed E-state index contributed by atoms with van der Waals surface area (Å²) in [6.07, 6.45) is 2.29. The average molecular weight is 526 g/mol. The lowest BCUT2D eigenvalue weighted by Gasteiger charge is -2.36. The highest BCUT2D eigenvalue weighted by molar-refractivity contribution is 8.15. The maximum absolute atomic E-state index is 13.0. The zero-order valence-electron chi connectivity index (χ0n) is 19.9. The van der Waals surface area contributed by atoms with Crippen LogP contribution in [0.15, 0.2) is 53.5 Å². The van der Waals surface area contributed by atoms with Crippen LogP contribution in [0.2, 0.25) is 5.02 Å². The van der Waals surface area contributed by atoms with Crippen molar-refractivity contribution in [1.82, 2.24) is 9.80 Å². The van der Waals surface area contributed by atoms with Crippen molar-refractivity contribution < 1.29 is 14.4 Å². The average Bonchev–Trinajstić information content (AvgIpc) is 3.54. The molecule has 3 aliphatic rings. The Labute approximate surface area is 219 Å². The number of hydrogen-bond acceptors (Lipinski definition) is 6. The summed E-state index contributed by atoms with van der Waals surface area (Å²) in [4.78, 5) is 48.1. The van der Waals surface area contributed by atoms with Crippen molar-refractivity contribution in [2.24, 2.45) is 4.99 Å². The summed E-state index contributed by atoms with van der Waals surface area (Å²) in [6, 6.07) is 14.6. The van der Waals surface area contributed by atoms with E-state index in [0.717, 1.165) is 49.9 Å². The Morgan fingerprint density at radius 3 is 2.39 bits per heavy atom. The van der Waals surface area contributed by atoms with Gasteiger partial charge in [-0.25, -0.2) is 0 Å². The van der Waals surface area contributed by atoms with Crippen molar-refractivity contribution in [3.05, 3.63) is 59.1 Å². The molecule has 2 aromatic rings. The third-order valence-electron chi connectivity index (χ3n) is 6.63. The fourth-order valence-corrected chi connectivity index (χ4v) is 5.95. The number of rotatable bonds is 5. The topological polar surface area (TPSA) is 85.3 Å². The number of likely N-dealkylation sites (tertiary alicyclic amines) is 1. The second kappa shape index (κ2) is 10.9. The molecule has 0 aliphatic carbocycles. The first-order valence-electron chi connectivity index (χ1n) is 12.2. The van der Waals surface area contributed by atoms with Crippen molar-refractivity contribution in [2.75, 3.05) is 49.5 Å². The Bertz CT molecular complexity index is 1170. The number of amides is 3. The monoisotopic (exact) mass is 525 g/mol. The van der Waals surface area contributed by atoms with Gasteiger partial charge in [-0.15, -0.1) is 0 Å². The first kappa shape index (κ1) is 24.6. The first-order valence-corrected chi connectivity index (χ1v) is 13.5. The van der Waals surface area contributed by atoms with Crippen LogP contribution in [-0.4, -0.2) is 77.2 Å². The number of halogens is 1. The van der Waals surface area contributed by atoms with Crippen molar-refractivity contribution in [3.63, 3.8) is 0 Å². The summed E-state index contributed by atoms with van der Waals surface area (Å²) >= 11 is 7.49. The zero-order chi connectivity index (χ0) is 25.1. The number of anilines is 2. The number of benzene rings is 2. The highest BCUT2D eigenvalue weighted by Gasteiger charge is 2.33. The second-order valence-electron chi connectivity index (χ2n) is 9.12. The van der Waals surface area contributed by atoms with E-state index in [0.29, 0.717) is 29.4 Å². The number of thioether (sulfide) groups is 1. The van der Waals surface area contributed by atoms with Gasteiger partial charge in [0.2, 0.25) is 5.91 Å². The molecular formula is C26H28ClN5O3S. The number of amidine groups is 1. The smallest absolute Gasteiger partial charge is 0.262 e. The number of carbonyl (C=O) groups is 3. The molecule has 5 rings (SSSR count). The highest BCUT2D eigenvalue weighted by atomic mass is 35.5. The van der Waals surface area contributed by atoms with Gasteiger partial charge in [-0.1, -0.05) is 29.4 Å². The molecule has 3 heterocycles. The van der Waals surface area contributed by atoms with Gasteiger partial charge in [-0.2, -0.15) is 4.99 Å². The quantitative estimate of drug-likeness (QED) is 0.640. The summed E-state index contributed by atoms with van der Waals surface area (Å²) in [5.74, 6) is -0.512. The van der Waals surface area contributed by atoms with Gasteiger partial charge in [0.15, 0.2) is 5.17 Å². The van der Waals surface area contributed by atoms with E-state index in [9.17, 15) is 14.4 Å². The number of piperazine rings is 1. The van der Waals surface area contributed by atoms with E-state index in [1.54, 1.807) is 24.3 Å². The second-order valence-corrected chi connectivity index (χ2v) is 10.7. The van der Waals surface area contributed by atoms with E-state index in [4.69, 9.17) is 11.6 Å². The van der Waals surface area contributed by atoms with Crippen LogP contribution in [0.5, 0.6) is 0 Å². The standard InChI is InChI=1S/C26H28ClN5O3S/c27-19-4-3-5-21(16-19)30-12-14-31(15-13-30)25(35)18-6-8-20(9-7-18)28-23(33)17-22-24(34)29-26(36-22)32-10-1-2-11-32/h3-9,16,22H,1-2,10-15,17H2,(H,28,33)/t22-/m1/s1. The molecule has 0 saturated carbocycles. The van der Waals surface area contributed by atoms with E-state index in [-0.39, 0.29) is 24.1 Å². The summed E-state index contributed by atoms with van der Waals surface area (Å²) in [7, 11) is 0. The Kier molecular flexibility index (Phi) is 7.48. The molecule has 188 valence electrons. The zero-order valence-corrected chi connectivity index (χ0v) is 21.4. The van der Waals surface area contributed by atoms with Gasteiger partial charge in [0.25, 0.3) is 11.8 Å². The molecule has 2 aromatic carbocycles. The van der Waals surface area contributed by atoms with Gasteiger partial charge < -0.3 is 20.0 Å². The molecule has 2 saturated heterocycles. The summed E-state index contributed by atoms with van der Waals surface area (Å²) in [5.41, 5.74) is 2.24. The molecule has 0 bridgehead atoms. The molecule has 36 heavy (non-hydrogen) atoms. The van der Waals surface area contributed by atoms with E-state index in [1.807, 2.05) is 29.2 Å². The molecular weight excluding hydrogens is 498 g/mol. The van der Waals surface area contributed by atoms with Crippen LogP contribution >= 0.6 is 23.4 Å². The first-order chi connectivity index (χ1) is 17.5. The number of aliphatic imine (C=N–C) groups is 1. The molecule has 0 radical (unpaired) electrons. The largest absolute Gasteiger partial charge is 0.368 e. The van der Waals surface area contributed by atoms with Gasteiger partial charge in [0, 0.05) is 67.7 Å². The van der Waals surface area contributed by atoms with Crippen LogP contribution in [0, 0.1) is 0 Å². The van der Waals surface area contributed by atoms with E-state index in [1.165, 1.54) is 11.8 Å². The maximum atomic E-state index is 13.0. The molecule has 0 spiro atoms. The Morgan fingerprint density at radius 1 is 0.972 bits per heavy atom. The minimum Gasteiger partial charge on any atom is -0.368 e. The normalized spacial score (nSPS) is 20.0. The lowest BCUT2D eigenvalue weighted by Crippen LogP contribution is -2.48. The molecule has 1 N–H and O–H groups in total.